The summed E-state index contributed by atoms with van der Waals surface area (Å²) in [6.07, 6.45) is 0. The van der Waals surface area contributed by atoms with Crippen molar-refractivity contribution in [2.45, 2.75) is 13.5 Å². The molecule has 2 aromatic carbocycles. The molecule has 0 atom stereocenters. The van der Waals surface area contributed by atoms with E-state index in [9.17, 15) is 14.0 Å². The third kappa shape index (κ3) is 3.59. The number of nitrogens with zero attached hydrogens (tertiary/aromatic N) is 1. The minimum atomic E-state index is -0.640. The first-order valence-corrected chi connectivity index (χ1v) is 8.07. The van der Waals surface area contributed by atoms with E-state index < -0.39 is 24.2 Å². The van der Waals surface area contributed by atoms with Crippen LogP contribution >= 0.6 is 0 Å². The number of para-hydroxylation sites is 1. The highest BCUT2D eigenvalue weighted by molar-refractivity contribution is 5.98. The largest absolute Gasteiger partial charge is 0.494 e. The number of Topliss-reactive ketones (excluding diaryl/α,β-unsaturated/α-hetero) is 1. The predicted molar refractivity (Wildman–Crippen MR) is 94.9 cm³/mol. The van der Waals surface area contributed by atoms with Crippen LogP contribution in [0.2, 0.25) is 0 Å². The van der Waals surface area contributed by atoms with Crippen molar-refractivity contribution in [3.05, 3.63) is 65.6 Å². The summed E-state index contributed by atoms with van der Waals surface area (Å²) >= 11 is 0. The van der Waals surface area contributed by atoms with E-state index in [2.05, 4.69) is 0 Å². The lowest BCUT2D eigenvalue weighted by Gasteiger charge is -2.09. The maximum Gasteiger partial charge on any atom is 0.326 e. The van der Waals surface area contributed by atoms with Crippen LogP contribution in [0.15, 0.2) is 48.5 Å². The molecule has 0 aliphatic rings. The molecule has 0 bridgehead atoms. The predicted octanol–water partition coefficient (Wildman–Crippen LogP) is 3.52. The molecule has 0 N–H and O–H groups in total. The van der Waals surface area contributed by atoms with Gasteiger partial charge in [-0.05, 0) is 42.6 Å². The number of fused-ring (bicyclic) bond motifs is 1. The molecule has 1 aromatic heterocycles. The number of carbonyl (C=O) groups excluding carboxylic acids is 2. The second kappa shape index (κ2) is 7.39. The number of aromatic nitrogens is 1. The minimum absolute atomic E-state index is 0.00357. The Bertz CT molecular complexity index is 977. The van der Waals surface area contributed by atoms with Crippen LogP contribution in [-0.4, -0.2) is 30.0 Å². The van der Waals surface area contributed by atoms with Gasteiger partial charge in [-0.25, -0.2) is 4.39 Å². The van der Waals surface area contributed by atoms with E-state index in [1.165, 1.54) is 19.2 Å². The molecule has 6 heteroatoms. The second-order valence-electron chi connectivity index (χ2n) is 5.86. The minimum Gasteiger partial charge on any atom is -0.494 e. The van der Waals surface area contributed by atoms with E-state index in [-0.39, 0.29) is 17.9 Å². The van der Waals surface area contributed by atoms with Gasteiger partial charge in [-0.3, -0.25) is 9.59 Å². The van der Waals surface area contributed by atoms with E-state index >= 15 is 0 Å². The number of aryl methyl sites for hydroxylation is 1. The number of methoxy groups -OCH3 is 1. The van der Waals surface area contributed by atoms with Crippen LogP contribution in [0, 0.1) is 12.7 Å². The molecule has 134 valence electrons. The Morgan fingerprint density at radius 2 is 1.88 bits per heavy atom. The van der Waals surface area contributed by atoms with Crippen molar-refractivity contribution < 1.29 is 23.5 Å². The van der Waals surface area contributed by atoms with Crippen LogP contribution in [0.1, 0.15) is 16.1 Å². The fourth-order valence-corrected chi connectivity index (χ4v) is 2.80. The summed E-state index contributed by atoms with van der Waals surface area (Å²) in [5.74, 6) is -1.60. The first kappa shape index (κ1) is 17.7. The quantitative estimate of drug-likeness (QED) is 0.501. The van der Waals surface area contributed by atoms with Crippen molar-refractivity contribution >= 4 is 22.7 Å². The lowest BCUT2D eigenvalue weighted by Crippen LogP contribution is -2.19. The summed E-state index contributed by atoms with van der Waals surface area (Å²) in [5.41, 5.74) is 1.97. The molecule has 0 amide bonds. The zero-order chi connectivity index (χ0) is 18.7. The number of esters is 1. The Kier molecular flexibility index (Phi) is 5.02. The van der Waals surface area contributed by atoms with Crippen LogP contribution in [0.4, 0.5) is 4.39 Å². The summed E-state index contributed by atoms with van der Waals surface area (Å²) < 4.78 is 25.4. The maximum absolute atomic E-state index is 13.7. The standard InChI is InChI=1S/C20H18FNO4/c1-13-9-14-5-3-4-6-17(14)22(13)11-20(24)26-12-18(23)15-7-8-19(25-2)16(21)10-15/h3-10H,11-12H2,1-2H3. The van der Waals surface area contributed by atoms with Crippen molar-refractivity contribution in [2.75, 3.05) is 13.7 Å². The van der Waals surface area contributed by atoms with Gasteiger partial charge >= 0.3 is 5.97 Å². The summed E-state index contributed by atoms with van der Waals surface area (Å²) in [7, 11) is 1.34. The van der Waals surface area contributed by atoms with Gasteiger partial charge in [-0.1, -0.05) is 18.2 Å². The number of hydrogen-bond acceptors (Lipinski definition) is 4. The molecule has 0 saturated carbocycles. The van der Waals surface area contributed by atoms with Crippen molar-refractivity contribution in [3.8, 4) is 5.75 Å². The Morgan fingerprint density at radius 3 is 2.62 bits per heavy atom. The average Bonchev–Trinajstić information content (AvgIpc) is 2.95. The molecule has 0 fully saturated rings. The van der Waals surface area contributed by atoms with Crippen molar-refractivity contribution in [1.82, 2.24) is 4.57 Å². The van der Waals surface area contributed by atoms with Gasteiger partial charge in [0.15, 0.2) is 24.0 Å². The second-order valence-corrected chi connectivity index (χ2v) is 5.86. The summed E-state index contributed by atoms with van der Waals surface area (Å²) in [6.45, 7) is 1.46. The number of rotatable bonds is 6. The van der Waals surface area contributed by atoms with Crippen molar-refractivity contribution in [1.29, 1.82) is 0 Å². The molecule has 0 radical (unpaired) electrons. The summed E-state index contributed by atoms with van der Waals surface area (Å²) in [6, 6.07) is 13.5. The molecule has 3 rings (SSSR count). The molecular formula is C20H18FNO4. The molecule has 0 saturated heterocycles. The normalized spacial score (nSPS) is 10.7. The topological polar surface area (TPSA) is 57.5 Å². The highest BCUT2D eigenvalue weighted by Crippen LogP contribution is 2.20. The van der Waals surface area contributed by atoms with Crippen LogP contribution < -0.4 is 4.74 Å². The molecule has 0 spiro atoms. The SMILES string of the molecule is COc1ccc(C(=O)COC(=O)Cn2c(C)cc3ccccc32)cc1F. The average molecular weight is 355 g/mol. The van der Waals surface area contributed by atoms with E-state index in [1.54, 1.807) is 0 Å². The molecule has 5 nitrogen and oxygen atoms in total. The Labute approximate surface area is 149 Å². The lowest BCUT2D eigenvalue weighted by atomic mass is 10.1. The monoisotopic (exact) mass is 355 g/mol. The summed E-state index contributed by atoms with van der Waals surface area (Å²) in [4.78, 5) is 24.2. The van der Waals surface area contributed by atoms with Crippen LogP contribution in [0.5, 0.6) is 5.75 Å². The van der Waals surface area contributed by atoms with Gasteiger partial charge in [0, 0.05) is 16.8 Å². The van der Waals surface area contributed by atoms with E-state index in [4.69, 9.17) is 9.47 Å². The fourth-order valence-electron chi connectivity index (χ4n) is 2.80. The van der Waals surface area contributed by atoms with Crippen LogP contribution in [-0.2, 0) is 16.1 Å². The number of carbonyl (C=O) groups is 2. The Morgan fingerprint density at radius 1 is 1.12 bits per heavy atom. The molecule has 0 aliphatic carbocycles. The molecule has 0 aliphatic heterocycles. The smallest absolute Gasteiger partial charge is 0.326 e. The van der Waals surface area contributed by atoms with Gasteiger partial charge in [0.2, 0.25) is 0 Å². The Hall–Kier alpha value is -3.15. The molecule has 3 aromatic rings. The molecule has 0 unspecified atom stereocenters. The highest BCUT2D eigenvalue weighted by Gasteiger charge is 2.14. The van der Waals surface area contributed by atoms with Gasteiger partial charge < -0.3 is 14.0 Å². The van der Waals surface area contributed by atoms with Gasteiger partial charge in [0.05, 0.1) is 7.11 Å². The number of halogens is 1. The van der Waals surface area contributed by atoms with E-state index in [0.29, 0.717) is 0 Å². The lowest BCUT2D eigenvalue weighted by molar-refractivity contribution is -0.143. The number of ketones is 1. The fraction of sp³-hybridized carbons (Fsp3) is 0.200. The first-order chi connectivity index (χ1) is 12.5. The first-order valence-electron chi connectivity index (χ1n) is 8.07. The number of hydrogen-bond donors (Lipinski definition) is 0. The van der Waals surface area contributed by atoms with Crippen molar-refractivity contribution in [2.24, 2.45) is 0 Å². The van der Waals surface area contributed by atoms with Crippen LogP contribution in [0.25, 0.3) is 10.9 Å². The third-order valence-corrected chi connectivity index (χ3v) is 4.14. The maximum atomic E-state index is 13.7. The number of benzene rings is 2. The van der Waals surface area contributed by atoms with Crippen molar-refractivity contribution in [3.63, 3.8) is 0 Å². The molecule has 1 heterocycles. The Balaban J connectivity index is 1.64. The summed E-state index contributed by atoms with van der Waals surface area (Å²) in [5, 5.41) is 1.03. The number of ether oxygens (including phenoxy) is 2. The third-order valence-electron chi connectivity index (χ3n) is 4.14. The zero-order valence-corrected chi connectivity index (χ0v) is 14.5. The van der Waals surface area contributed by atoms with E-state index in [0.717, 1.165) is 22.7 Å². The van der Waals surface area contributed by atoms with Gasteiger partial charge in [-0.2, -0.15) is 0 Å². The highest BCUT2D eigenvalue weighted by atomic mass is 19.1. The molecular weight excluding hydrogens is 337 g/mol. The van der Waals surface area contributed by atoms with Gasteiger partial charge in [0.25, 0.3) is 0 Å². The van der Waals surface area contributed by atoms with Crippen LogP contribution in [0.3, 0.4) is 0 Å². The zero-order valence-electron chi connectivity index (χ0n) is 14.5. The van der Waals surface area contributed by atoms with Gasteiger partial charge in [0.1, 0.15) is 6.54 Å². The van der Waals surface area contributed by atoms with E-state index in [1.807, 2.05) is 41.8 Å². The van der Waals surface area contributed by atoms with Gasteiger partial charge in [-0.15, -0.1) is 0 Å². The molecule has 26 heavy (non-hydrogen) atoms.